The maximum atomic E-state index is 12.9. The number of nitrogens with one attached hydrogen (secondary N) is 4. The lowest BCUT2D eigenvalue weighted by molar-refractivity contribution is -0.138. The molecule has 2 aliphatic heterocycles. The molecule has 3 atom stereocenters. The minimum atomic E-state index is -3.72. The highest BCUT2D eigenvalue weighted by Gasteiger charge is 2.40. The number of nitrogens with zero attached hydrogens (tertiary/aromatic N) is 2. The van der Waals surface area contributed by atoms with Crippen LogP contribution < -0.4 is 20.1 Å². The van der Waals surface area contributed by atoms with E-state index in [0.29, 0.717) is 30.7 Å². The molecule has 0 spiro atoms. The van der Waals surface area contributed by atoms with Crippen molar-refractivity contribution in [2.45, 2.75) is 70.7 Å². The number of amidine groups is 1. The number of carbonyl (C=O) groups excluding carboxylic acids is 2. The number of sulfonamides is 1. The molecule has 252 valence electrons. The summed E-state index contributed by atoms with van der Waals surface area (Å²) >= 11 is 0. The van der Waals surface area contributed by atoms with Crippen molar-refractivity contribution >= 4 is 34.0 Å². The Morgan fingerprint density at radius 3 is 2.47 bits per heavy atom. The number of hydrogen-bond donors (Lipinski definition) is 5. The molecule has 2 amide bonds. The molecule has 3 rings (SSSR count). The Morgan fingerprint density at radius 2 is 1.87 bits per heavy atom. The zero-order chi connectivity index (χ0) is 33.2. The highest BCUT2D eigenvalue weighted by molar-refractivity contribution is 7.89. The third-order valence-corrected chi connectivity index (χ3v) is 8.54. The van der Waals surface area contributed by atoms with Crippen molar-refractivity contribution in [1.82, 2.24) is 25.2 Å². The molecule has 1 aromatic carbocycles. The van der Waals surface area contributed by atoms with Crippen LogP contribution in [0, 0.1) is 5.41 Å². The number of carboxylic acid groups (broad SMARTS) is 1. The number of carboxylic acids is 1. The van der Waals surface area contributed by atoms with Crippen LogP contribution in [-0.4, -0.2) is 123 Å². The van der Waals surface area contributed by atoms with Crippen molar-refractivity contribution in [2.24, 2.45) is 0 Å². The first-order chi connectivity index (χ1) is 21.2. The molecule has 2 saturated heterocycles. The second-order valence-corrected chi connectivity index (χ2v) is 14.0. The average Bonchev–Trinajstić information content (AvgIpc) is 3.33. The van der Waals surface area contributed by atoms with E-state index in [1.807, 2.05) is 6.92 Å². The van der Waals surface area contributed by atoms with Crippen LogP contribution in [0.5, 0.6) is 5.75 Å². The van der Waals surface area contributed by atoms with Gasteiger partial charge in [0.05, 0.1) is 12.3 Å². The van der Waals surface area contributed by atoms with Crippen LogP contribution in [0.2, 0.25) is 0 Å². The molecular weight excluding hydrogens is 608 g/mol. The lowest BCUT2D eigenvalue weighted by atomic mass is 10.1. The highest BCUT2D eigenvalue weighted by atomic mass is 32.2. The van der Waals surface area contributed by atoms with Crippen molar-refractivity contribution in [3.8, 4) is 5.75 Å². The van der Waals surface area contributed by atoms with Gasteiger partial charge in [0.1, 0.15) is 35.9 Å². The smallest absolute Gasteiger partial charge is 0.413 e. The number of ether oxygens (including phenoxy) is 3. The first kappa shape index (κ1) is 36.0. The number of unbranched alkanes of at least 4 members (excludes halogenated alkanes) is 1. The van der Waals surface area contributed by atoms with Gasteiger partial charge in [-0.15, -0.1) is 0 Å². The summed E-state index contributed by atoms with van der Waals surface area (Å²) in [7, 11) is -3.72. The Morgan fingerprint density at radius 1 is 1.20 bits per heavy atom. The minimum Gasteiger partial charge on any atom is -0.490 e. The van der Waals surface area contributed by atoms with E-state index in [1.54, 1.807) is 45.0 Å². The fourth-order valence-electron chi connectivity index (χ4n) is 4.80. The van der Waals surface area contributed by atoms with Crippen LogP contribution in [0.3, 0.4) is 0 Å². The number of hydrogen-bond acceptors (Lipinski definition) is 11. The largest absolute Gasteiger partial charge is 0.490 e. The molecule has 5 N–H and O–H groups in total. The number of cyclic esters (lactones) is 1. The monoisotopic (exact) mass is 654 g/mol. The number of aliphatic carboxylic acids is 1. The van der Waals surface area contributed by atoms with Crippen LogP contribution in [0.15, 0.2) is 24.3 Å². The molecule has 2 aliphatic rings. The molecule has 0 bridgehead atoms. The zero-order valence-corrected chi connectivity index (χ0v) is 27.2. The topological polar surface area (TPSA) is 200 Å². The summed E-state index contributed by atoms with van der Waals surface area (Å²) in [6.45, 7) is 10.5. The van der Waals surface area contributed by atoms with Gasteiger partial charge in [0.15, 0.2) is 6.10 Å². The zero-order valence-electron chi connectivity index (χ0n) is 26.3. The number of alkyl carbamates (subject to hydrolysis) is 1. The van der Waals surface area contributed by atoms with E-state index in [2.05, 4.69) is 20.3 Å². The predicted molar refractivity (Wildman–Crippen MR) is 166 cm³/mol. The maximum Gasteiger partial charge on any atom is 0.413 e. The summed E-state index contributed by atoms with van der Waals surface area (Å²) in [6.07, 6.45) is -0.998. The van der Waals surface area contributed by atoms with Crippen LogP contribution in [-0.2, 0) is 30.7 Å². The van der Waals surface area contributed by atoms with E-state index < -0.39 is 52.0 Å². The van der Waals surface area contributed by atoms with Crippen molar-refractivity contribution in [1.29, 1.82) is 5.41 Å². The fourth-order valence-corrected chi connectivity index (χ4v) is 6.20. The van der Waals surface area contributed by atoms with E-state index in [0.717, 1.165) is 26.2 Å². The molecular formula is C29H46N6O9S. The molecule has 16 heteroatoms. The summed E-state index contributed by atoms with van der Waals surface area (Å²) in [5.74, 6) is -1.14. The number of piperazine rings is 1. The first-order valence-electron chi connectivity index (χ1n) is 15.1. The molecule has 2 heterocycles. The Labute approximate surface area is 264 Å². The second-order valence-electron chi connectivity index (χ2n) is 12.1. The third-order valence-electron chi connectivity index (χ3n) is 7.07. The summed E-state index contributed by atoms with van der Waals surface area (Å²) in [4.78, 5) is 40.5. The molecule has 1 aromatic rings. The SMILES string of the molecule is CCCCS(=O)(=O)NC(Cc1ccc(OCC2CN(C(CN3CCNCC3)C(=N)NC(=O)OC(C)(C)C)C(=O)O2)cc1)C(=O)O. The highest BCUT2D eigenvalue weighted by Crippen LogP contribution is 2.20. The van der Waals surface area contributed by atoms with Gasteiger partial charge < -0.3 is 24.6 Å². The molecule has 0 aromatic heterocycles. The van der Waals surface area contributed by atoms with Crippen LogP contribution >= 0.6 is 0 Å². The van der Waals surface area contributed by atoms with Gasteiger partial charge in [0.25, 0.3) is 0 Å². The number of benzene rings is 1. The van der Waals surface area contributed by atoms with E-state index in [-0.39, 0.29) is 31.2 Å². The quantitative estimate of drug-likeness (QED) is 0.135. The third kappa shape index (κ3) is 12.1. The molecule has 0 radical (unpaired) electrons. The van der Waals surface area contributed by atoms with Gasteiger partial charge in [-0.1, -0.05) is 25.5 Å². The fraction of sp³-hybridized carbons (Fsp3) is 0.655. The van der Waals surface area contributed by atoms with Crippen molar-refractivity contribution in [2.75, 3.05) is 51.6 Å². The van der Waals surface area contributed by atoms with E-state index >= 15 is 0 Å². The molecule has 0 saturated carbocycles. The van der Waals surface area contributed by atoms with Crippen molar-refractivity contribution < 1.29 is 42.1 Å². The van der Waals surface area contributed by atoms with Crippen LogP contribution in [0.25, 0.3) is 0 Å². The van der Waals surface area contributed by atoms with Gasteiger partial charge in [-0.25, -0.2) is 22.7 Å². The number of amides is 2. The Bertz CT molecular complexity index is 1280. The van der Waals surface area contributed by atoms with Gasteiger partial charge in [-0.3, -0.25) is 25.3 Å². The summed E-state index contributed by atoms with van der Waals surface area (Å²) in [5.41, 5.74) is -0.159. The van der Waals surface area contributed by atoms with Gasteiger partial charge in [0.2, 0.25) is 10.0 Å². The van der Waals surface area contributed by atoms with Crippen molar-refractivity contribution in [3.63, 3.8) is 0 Å². The van der Waals surface area contributed by atoms with Gasteiger partial charge in [0, 0.05) is 32.7 Å². The molecule has 0 aliphatic carbocycles. The Kier molecular flexibility index (Phi) is 13.0. The number of carbonyl (C=O) groups is 3. The predicted octanol–water partition coefficient (Wildman–Crippen LogP) is 1.38. The molecule has 2 fully saturated rings. The maximum absolute atomic E-state index is 12.9. The van der Waals surface area contributed by atoms with Gasteiger partial charge >= 0.3 is 18.2 Å². The number of rotatable bonds is 15. The van der Waals surface area contributed by atoms with E-state index in [1.165, 1.54) is 4.90 Å². The average molecular weight is 655 g/mol. The normalized spacial score (nSPS) is 19.0. The molecule has 15 nitrogen and oxygen atoms in total. The van der Waals surface area contributed by atoms with Gasteiger partial charge in [-0.2, -0.15) is 0 Å². The Hall–Kier alpha value is -3.47. The standard InChI is InChI=1S/C29H46N6O9S/c1-5-6-15-45(40,41)33-23(26(36)37)16-20-7-9-21(10-8-20)42-19-22-17-35(28(39)43-22)24(18-34-13-11-31-12-14-34)25(30)32-27(38)44-29(2,3)4/h7-10,22-24,31,33H,5-6,11-19H2,1-4H3,(H,36,37)(H2,30,32,38). The van der Waals surface area contributed by atoms with E-state index in [9.17, 15) is 27.9 Å². The van der Waals surface area contributed by atoms with Crippen molar-refractivity contribution in [3.05, 3.63) is 29.8 Å². The summed E-state index contributed by atoms with van der Waals surface area (Å²) in [6, 6.07) is 4.45. The second kappa shape index (κ2) is 16.2. The van der Waals surface area contributed by atoms with E-state index in [4.69, 9.17) is 19.6 Å². The Balaban J connectivity index is 1.59. The first-order valence-corrected chi connectivity index (χ1v) is 16.7. The lowest BCUT2D eigenvalue weighted by Gasteiger charge is -2.34. The lowest BCUT2D eigenvalue weighted by Crippen LogP contribution is -2.56. The summed E-state index contributed by atoms with van der Waals surface area (Å²) in [5, 5.41) is 23.9. The van der Waals surface area contributed by atoms with Gasteiger partial charge in [-0.05, 0) is 51.3 Å². The molecule has 45 heavy (non-hydrogen) atoms. The minimum absolute atomic E-state index is 0.0176. The van der Waals surface area contributed by atoms with Crippen LogP contribution in [0.1, 0.15) is 46.1 Å². The summed E-state index contributed by atoms with van der Waals surface area (Å²) < 4.78 is 43.3. The van der Waals surface area contributed by atoms with Crippen LogP contribution in [0.4, 0.5) is 9.59 Å². The molecule has 3 unspecified atom stereocenters.